The van der Waals surface area contributed by atoms with E-state index in [9.17, 15) is 4.79 Å². The van der Waals surface area contributed by atoms with E-state index in [1.54, 1.807) is 11.3 Å². The smallest absolute Gasteiger partial charge is 0.266 e. The fourth-order valence-electron chi connectivity index (χ4n) is 3.99. The lowest BCUT2D eigenvalue weighted by atomic mass is 9.99. The van der Waals surface area contributed by atoms with E-state index in [-0.39, 0.29) is 5.91 Å². The van der Waals surface area contributed by atoms with Crippen molar-refractivity contribution in [2.45, 2.75) is 39.5 Å². The Labute approximate surface area is 171 Å². The molecule has 1 saturated heterocycles. The van der Waals surface area contributed by atoms with Gasteiger partial charge in [0.05, 0.1) is 4.88 Å². The summed E-state index contributed by atoms with van der Waals surface area (Å²) in [6, 6.07) is 16.6. The first-order chi connectivity index (χ1) is 13.7. The topological polar surface area (TPSA) is 32.3 Å². The van der Waals surface area contributed by atoms with E-state index >= 15 is 0 Å². The summed E-state index contributed by atoms with van der Waals surface area (Å²) in [5.41, 5.74) is 3.29. The molecule has 4 rings (SSSR count). The summed E-state index contributed by atoms with van der Waals surface area (Å²) in [4.78, 5) is 16.3. The average Bonchev–Trinajstić information content (AvgIpc) is 3.08. The zero-order valence-corrected chi connectivity index (χ0v) is 17.5. The number of nitrogens with one attached hydrogen (secondary N) is 1. The van der Waals surface area contributed by atoms with Crippen LogP contribution in [0.25, 0.3) is 10.1 Å². The molecule has 1 aliphatic heterocycles. The van der Waals surface area contributed by atoms with Crippen LogP contribution in [0.4, 0.5) is 11.4 Å². The van der Waals surface area contributed by atoms with E-state index < -0.39 is 0 Å². The van der Waals surface area contributed by atoms with E-state index in [1.165, 1.54) is 34.2 Å². The highest BCUT2D eigenvalue weighted by Gasteiger charge is 2.19. The third-order valence-corrected chi connectivity index (χ3v) is 6.89. The molecule has 0 atom stereocenters. The molecule has 1 aromatic heterocycles. The molecule has 2 heterocycles. The number of benzene rings is 2. The van der Waals surface area contributed by atoms with E-state index in [0.717, 1.165) is 42.4 Å². The van der Waals surface area contributed by atoms with Crippen LogP contribution in [0.15, 0.2) is 48.5 Å². The molecular weight excluding hydrogens is 364 g/mol. The Balaban J connectivity index is 1.51. The molecule has 146 valence electrons. The fourth-order valence-corrected chi connectivity index (χ4v) is 5.14. The van der Waals surface area contributed by atoms with Gasteiger partial charge in [0, 0.05) is 29.2 Å². The highest BCUT2D eigenvalue weighted by molar-refractivity contribution is 7.21. The minimum atomic E-state index is 0.00389. The SMILES string of the molecule is CCCc1c(C(=O)Nc2ccc(N3CCC(C)CC3)cc2)sc2ccccc12. The quantitative estimate of drug-likeness (QED) is 0.549. The maximum absolute atomic E-state index is 13.0. The summed E-state index contributed by atoms with van der Waals surface area (Å²) in [5.74, 6) is 0.831. The molecule has 4 heteroatoms. The number of amides is 1. The van der Waals surface area contributed by atoms with Crippen LogP contribution in [0, 0.1) is 5.92 Å². The van der Waals surface area contributed by atoms with Crippen LogP contribution in [0.1, 0.15) is 48.3 Å². The van der Waals surface area contributed by atoms with Gasteiger partial charge in [0.1, 0.15) is 0 Å². The highest BCUT2D eigenvalue weighted by Crippen LogP contribution is 2.33. The van der Waals surface area contributed by atoms with Gasteiger partial charge in [-0.25, -0.2) is 0 Å². The van der Waals surface area contributed by atoms with Crippen molar-refractivity contribution in [3.63, 3.8) is 0 Å². The molecule has 1 N–H and O–H groups in total. The summed E-state index contributed by atoms with van der Waals surface area (Å²) in [7, 11) is 0. The summed E-state index contributed by atoms with van der Waals surface area (Å²) < 4.78 is 1.19. The number of nitrogens with zero attached hydrogens (tertiary/aromatic N) is 1. The molecule has 0 aliphatic carbocycles. The number of fused-ring (bicyclic) bond motifs is 1. The van der Waals surface area contributed by atoms with Crippen LogP contribution < -0.4 is 10.2 Å². The van der Waals surface area contributed by atoms with Crippen molar-refractivity contribution in [1.29, 1.82) is 0 Å². The Morgan fingerprint density at radius 1 is 1.11 bits per heavy atom. The second kappa shape index (κ2) is 8.36. The maximum Gasteiger partial charge on any atom is 0.266 e. The first-order valence-corrected chi connectivity index (χ1v) is 11.1. The van der Waals surface area contributed by atoms with Crippen LogP contribution in [0.3, 0.4) is 0 Å². The molecule has 1 aliphatic rings. The summed E-state index contributed by atoms with van der Waals surface area (Å²) in [6.45, 7) is 6.73. The van der Waals surface area contributed by atoms with Gasteiger partial charge >= 0.3 is 0 Å². The molecular formula is C24H28N2OS. The summed E-state index contributed by atoms with van der Waals surface area (Å²) in [6.07, 6.45) is 4.47. The molecule has 2 aromatic carbocycles. The Morgan fingerprint density at radius 2 is 1.82 bits per heavy atom. The van der Waals surface area contributed by atoms with Crippen molar-refractivity contribution in [2.24, 2.45) is 5.92 Å². The monoisotopic (exact) mass is 392 g/mol. The van der Waals surface area contributed by atoms with Crippen LogP contribution in [-0.4, -0.2) is 19.0 Å². The third kappa shape index (κ3) is 3.93. The van der Waals surface area contributed by atoms with E-state index in [1.807, 2.05) is 18.2 Å². The average molecular weight is 393 g/mol. The normalized spacial score (nSPS) is 15.1. The molecule has 0 unspecified atom stereocenters. The van der Waals surface area contributed by atoms with Gasteiger partial charge in [0.25, 0.3) is 5.91 Å². The van der Waals surface area contributed by atoms with Gasteiger partial charge in [-0.1, -0.05) is 38.5 Å². The van der Waals surface area contributed by atoms with Crippen molar-refractivity contribution >= 4 is 38.7 Å². The van der Waals surface area contributed by atoms with Gasteiger partial charge < -0.3 is 10.2 Å². The van der Waals surface area contributed by atoms with E-state index in [4.69, 9.17) is 0 Å². The number of rotatable bonds is 5. The maximum atomic E-state index is 13.0. The number of thiophene rings is 1. The van der Waals surface area contributed by atoms with Gasteiger partial charge in [-0.05, 0) is 66.5 Å². The lowest BCUT2D eigenvalue weighted by molar-refractivity contribution is 0.103. The second-order valence-corrected chi connectivity index (χ2v) is 8.88. The van der Waals surface area contributed by atoms with Gasteiger partial charge in [-0.2, -0.15) is 0 Å². The molecule has 3 nitrogen and oxygen atoms in total. The van der Waals surface area contributed by atoms with Crippen molar-refractivity contribution in [1.82, 2.24) is 0 Å². The van der Waals surface area contributed by atoms with E-state index in [2.05, 4.69) is 54.4 Å². The van der Waals surface area contributed by atoms with Gasteiger partial charge in [0.2, 0.25) is 0 Å². The van der Waals surface area contributed by atoms with Crippen LogP contribution in [0.5, 0.6) is 0 Å². The third-order valence-electron chi connectivity index (χ3n) is 5.68. The first kappa shape index (κ1) is 19.0. The van der Waals surface area contributed by atoms with Crippen LogP contribution >= 0.6 is 11.3 Å². The Morgan fingerprint density at radius 3 is 2.54 bits per heavy atom. The summed E-state index contributed by atoms with van der Waals surface area (Å²) in [5, 5.41) is 4.32. The zero-order chi connectivity index (χ0) is 19.5. The number of anilines is 2. The predicted octanol–water partition coefficient (Wildman–Crippen LogP) is 6.34. The molecule has 0 radical (unpaired) electrons. The van der Waals surface area contributed by atoms with Crippen molar-refractivity contribution in [3.8, 4) is 0 Å². The second-order valence-electron chi connectivity index (χ2n) is 7.83. The minimum Gasteiger partial charge on any atom is -0.372 e. The number of hydrogen-bond donors (Lipinski definition) is 1. The van der Waals surface area contributed by atoms with Crippen molar-refractivity contribution in [3.05, 3.63) is 59.0 Å². The molecule has 28 heavy (non-hydrogen) atoms. The molecule has 1 fully saturated rings. The number of carbonyl (C=O) groups excluding carboxylic acids is 1. The van der Waals surface area contributed by atoms with Gasteiger partial charge in [-0.15, -0.1) is 11.3 Å². The minimum absolute atomic E-state index is 0.00389. The molecule has 0 spiro atoms. The fraction of sp³-hybridized carbons (Fsp3) is 0.375. The first-order valence-electron chi connectivity index (χ1n) is 10.3. The Kier molecular flexibility index (Phi) is 5.67. The standard InChI is InChI=1S/C24H28N2OS/c1-3-6-21-20-7-4-5-8-22(20)28-23(21)24(27)25-18-9-11-19(12-10-18)26-15-13-17(2)14-16-26/h4-5,7-12,17H,3,6,13-16H2,1-2H3,(H,25,27). The Bertz CT molecular complexity index is 952. The largest absolute Gasteiger partial charge is 0.372 e. The number of hydrogen-bond acceptors (Lipinski definition) is 3. The van der Waals surface area contributed by atoms with E-state index in [0.29, 0.717) is 0 Å². The molecule has 0 bridgehead atoms. The number of aryl methyl sites for hydroxylation is 1. The highest BCUT2D eigenvalue weighted by atomic mass is 32.1. The summed E-state index contributed by atoms with van der Waals surface area (Å²) >= 11 is 1.60. The van der Waals surface area contributed by atoms with Gasteiger partial charge in [0.15, 0.2) is 0 Å². The number of piperidine rings is 1. The lowest BCUT2D eigenvalue weighted by Gasteiger charge is -2.32. The number of carbonyl (C=O) groups is 1. The van der Waals surface area contributed by atoms with Crippen LogP contribution in [-0.2, 0) is 6.42 Å². The predicted molar refractivity (Wildman–Crippen MR) is 121 cm³/mol. The van der Waals surface area contributed by atoms with Crippen molar-refractivity contribution in [2.75, 3.05) is 23.3 Å². The van der Waals surface area contributed by atoms with Crippen molar-refractivity contribution < 1.29 is 4.79 Å². The zero-order valence-electron chi connectivity index (χ0n) is 16.7. The van der Waals surface area contributed by atoms with Gasteiger partial charge in [-0.3, -0.25) is 4.79 Å². The molecule has 1 amide bonds. The lowest BCUT2D eigenvalue weighted by Crippen LogP contribution is -2.32. The van der Waals surface area contributed by atoms with Crippen LogP contribution in [0.2, 0.25) is 0 Å². The molecule has 0 saturated carbocycles. The molecule has 3 aromatic rings. The Hall–Kier alpha value is -2.33.